The van der Waals surface area contributed by atoms with E-state index in [-0.39, 0.29) is 12.5 Å². The molecule has 0 aliphatic carbocycles. The lowest BCUT2D eigenvalue weighted by atomic mass is 10.1. The van der Waals surface area contributed by atoms with Gasteiger partial charge in [0.05, 0.1) is 26.5 Å². The summed E-state index contributed by atoms with van der Waals surface area (Å²) in [6.45, 7) is 0.603. The molecule has 3 aromatic rings. The molecule has 0 aliphatic rings. The average molecular weight is 433 g/mol. The molecule has 6 nitrogen and oxygen atoms in total. The fraction of sp³-hybridized carbons (Fsp3) is 0.238. The van der Waals surface area contributed by atoms with E-state index in [1.165, 1.54) is 17.4 Å². The predicted octanol–water partition coefficient (Wildman–Crippen LogP) is 4.18. The minimum Gasteiger partial charge on any atom is -0.493 e. The number of ether oxygens (including phenoxy) is 2. The monoisotopic (exact) mass is 433 g/mol. The van der Waals surface area contributed by atoms with Gasteiger partial charge in [0.1, 0.15) is 0 Å². The number of benzene rings is 2. The van der Waals surface area contributed by atoms with Gasteiger partial charge in [0, 0.05) is 23.1 Å². The highest BCUT2D eigenvalue weighted by atomic mass is 32.1. The molecule has 0 aliphatic heterocycles. The van der Waals surface area contributed by atoms with Crippen molar-refractivity contribution in [3.05, 3.63) is 59.0 Å². The number of halogens is 2. The van der Waals surface area contributed by atoms with Gasteiger partial charge in [-0.1, -0.05) is 12.1 Å². The average Bonchev–Trinajstić information content (AvgIpc) is 3.17. The van der Waals surface area contributed by atoms with Crippen LogP contribution in [0.3, 0.4) is 0 Å². The van der Waals surface area contributed by atoms with E-state index in [4.69, 9.17) is 9.47 Å². The van der Waals surface area contributed by atoms with Crippen molar-refractivity contribution in [2.45, 2.75) is 6.54 Å². The number of hydrogen-bond acceptors (Lipinski definition) is 6. The number of hydrogen-bond donors (Lipinski definition) is 1. The molecule has 0 saturated heterocycles. The number of likely N-dealkylation sites (N-methyl/N-ethyl adjacent to an activating group) is 1. The van der Waals surface area contributed by atoms with Crippen molar-refractivity contribution in [1.82, 2.24) is 9.88 Å². The van der Waals surface area contributed by atoms with Crippen LogP contribution in [0.5, 0.6) is 11.5 Å². The van der Waals surface area contributed by atoms with Crippen molar-refractivity contribution >= 4 is 22.4 Å². The highest BCUT2D eigenvalue weighted by Gasteiger charge is 2.15. The highest BCUT2D eigenvalue weighted by molar-refractivity contribution is 7.14. The zero-order valence-corrected chi connectivity index (χ0v) is 17.6. The van der Waals surface area contributed by atoms with Crippen LogP contribution in [0.2, 0.25) is 0 Å². The molecule has 0 saturated carbocycles. The summed E-state index contributed by atoms with van der Waals surface area (Å²) in [7, 11) is 4.95. The van der Waals surface area contributed by atoms with Gasteiger partial charge in [-0.05, 0) is 31.3 Å². The van der Waals surface area contributed by atoms with Crippen LogP contribution in [0.15, 0.2) is 41.8 Å². The molecule has 3 rings (SSSR count). The molecule has 0 spiro atoms. The number of nitrogens with one attached hydrogen (secondary N) is 1. The topological polar surface area (TPSA) is 63.7 Å². The summed E-state index contributed by atoms with van der Waals surface area (Å²) in [5.74, 6) is -0.854. The Morgan fingerprint density at radius 2 is 1.97 bits per heavy atom. The van der Waals surface area contributed by atoms with E-state index < -0.39 is 11.6 Å². The normalized spacial score (nSPS) is 10.9. The first kappa shape index (κ1) is 21.7. The van der Waals surface area contributed by atoms with Crippen LogP contribution < -0.4 is 14.8 Å². The van der Waals surface area contributed by atoms with Gasteiger partial charge in [0.15, 0.2) is 28.3 Å². The van der Waals surface area contributed by atoms with Gasteiger partial charge in [0.2, 0.25) is 5.91 Å². The first-order valence-corrected chi connectivity index (χ1v) is 9.88. The van der Waals surface area contributed by atoms with Crippen LogP contribution in [0.25, 0.3) is 11.3 Å². The van der Waals surface area contributed by atoms with Gasteiger partial charge in [-0.25, -0.2) is 13.8 Å². The molecular formula is C21H21F2N3O3S. The zero-order chi connectivity index (χ0) is 21.7. The molecule has 0 bridgehead atoms. The molecular weight excluding hydrogens is 412 g/mol. The Morgan fingerprint density at radius 1 is 1.17 bits per heavy atom. The summed E-state index contributed by atoms with van der Waals surface area (Å²) < 4.78 is 37.2. The number of amides is 1. The lowest BCUT2D eigenvalue weighted by Gasteiger charge is -2.19. The summed E-state index contributed by atoms with van der Waals surface area (Å²) in [6, 6.07) is 9.14. The number of para-hydroxylation sites is 1. The Balaban J connectivity index is 1.61. The Hall–Kier alpha value is -3.04. The second kappa shape index (κ2) is 9.64. The molecule has 0 unspecified atom stereocenters. The van der Waals surface area contributed by atoms with E-state index in [9.17, 15) is 13.6 Å². The molecule has 1 heterocycles. The summed E-state index contributed by atoms with van der Waals surface area (Å²) >= 11 is 1.21. The van der Waals surface area contributed by atoms with E-state index in [2.05, 4.69) is 10.3 Å². The van der Waals surface area contributed by atoms with Gasteiger partial charge in [-0.15, -0.1) is 11.3 Å². The smallest absolute Gasteiger partial charge is 0.240 e. The fourth-order valence-electron chi connectivity index (χ4n) is 2.95. The fourth-order valence-corrected chi connectivity index (χ4v) is 3.68. The SMILES string of the molecule is COc1cccc(CN(C)CC(=O)Nc2nc(-c3ccc(F)c(F)c3)cs2)c1OC. The summed E-state index contributed by atoms with van der Waals surface area (Å²) in [5, 5.41) is 4.78. The van der Waals surface area contributed by atoms with Crippen molar-refractivity contribution in [3.8, 4) is 22.8 Å². The Morgan fingerprint density at radius 3 is 2.67 bits per heavy atom. The number of aromatic nitrogens is 1. The Labute approximate surface area is 177 Å². The number of carbonyl (C=O) groups excluding carboxylic acids is 1. The van der Waals surface area contributed by atoms with Gasteiger partial charge in [0.25, 0.3) is 0 Å². The van der Waals surface area contributed by atoms with Crippen molar-refractivity contribution in [2.75, 3.05) is 33.1 Å². The van der Waals surface area contributed by atoms with Gasteiger partial charge in [-0.2, -0.15) is 0 Å². The van der Waals surface area contributed by atoms with Crippen molar-refractivity contribution < 1.29 is 23.0 Å². The summed E-state index contributed by atoms with van der Waals surface area (Å²) in [4.78, 5) is 18.5. The number of methoxy groups -OCH3 is 2. The second-order valence-corrected chi connectivity index (χ2v) is 7.40. The van der Waals surface area contributed by atoms with E-state index in [0.717, 1.165) is 17.7 Å². The maximum absolute atomic E-state index is 13.4. The zero-order valence-electron chi connectivity index (χ0n) is 16.7. The van der Waals surface area contributed by atoms with E-state index in [0.29, 0.717) is 34.4 Å². The van der Waals surface area contributed by atoms with Gasteiger partial charge < -0.3 is 14.8 Å². The molecule has 1 aromatic heterocycles. The minimum atomic E-state index is -0.944. The highest BCUT2D eigenvalue weighted by Crippen LogP contribution is 2.31. The maximum atomic E-state index is 13.4. The molecule has 9 heteroatoms. The third kappa shape index (κ3) is 5.11. The number of anilines is 1. The molecule has 30 heavy (non-hydrogen) atoms. The number of carbonyl (C=O) groups is 1. The Kier molecular flexibility index (Phi) is 6.96. The number of rotatable bonds is 8. The van der Waals surface area contributed by atoms with Crippen LogP contribution >= 0.6 is 11.3 Å². The van der Waals surface area contributed by atoms with Crippen LogP contribution in [0.4, 0.5) is 13.9 Å². The van der Waals surface area contributed by atoms with E-state index in [1.807, 2.05) is 30.1 Å². The van der Waals surface area contributed by atoms with Crippen LogP contribution in [0.1, 0.15) is 5.56 Å². The molecule has 0 radical (unpaired) electrons. The standard InChI is InChI=1S/C21H21F2N3O3S/c1-26(10-14-5-4-6-18(28-2)20(14)29-3)11-19(27)25-21-24-17(12-30-21)13-7-8-15(22)16(23)9-13/h4-9,12H,10-11H2,1-3H3,(H,24,25,27). The maximum Gasteiger partial charge on any atom is 0.240 e. The third-order valence-electron chi connectivity index (χ3n) is 4.30. The van der Waals surface area contributed by atoms with Gasteiger partial charge in [-0.3, -0.25) is 9.69 Å². The van der Waals surface area contributed by atoms with Gasteiger partial charge >= 0.3 is 0 Å². The first-order valence-electron chi connectivity index (χ1n) is 9.00. The quantitative estimate of drug-likeness (QED) is 0.578. The van der Waals surface area contributed by atoms with Crippen LogP contribution in [-0.2, 0) is 11.3 Å². The Bertz CT molecular complexity index is 1040. The van der Waals surface area contributed by atoms with Crippen molar-refractivity contribution in [1.29, 1.82) is 0 Å². The number of nitrogens with zero attached hydrogens (tertiary/aromatic N) is 2. The molecule has 2 aromatic carbocycles. The molecule has 0 fully saturated rings. The van der Waals surface area contributed by atoms with E-state index >= 15 is 0 Å². The minimum absolute atomic E-state index is 0.125. The molecule has 0 atom stereocenters. The second-order valence-electron chi connectivity index (χ2n) is 6.54. The van der Waals surface area contributed by atoms with Crippen molar-refractivity contribution in [3.63, 3.8) is 0 Å². The summed E-state index contributed by atoms with van der Waals surface area (Å²) in [5.41, 5.74) is 1.79. The van der Waals surface area contributed by atoms with Crippen molar-refractivity contribution in [2.24, 2.45) is 0 Å². The summed E-state index contributed by atoms with van der Waals surface area (Å²) in [6.07, 6.45) is 0. The lowest BCUT2D eigenvalue weighted by Crippen LogP contribution is -2.30. The molecule has 1 N–H and O–H groups in total. The number of thiazole rings is 1. The van der Waals surface area contributed by atoms with Crippen LogP contribution in [-0.4, -0.2) is 43.6 Å². The lowest BCUT2D eigenvalue weighted by molar-refractivity contribution is -0.117. The predicted molar refractivity (Wildman–Crippen MR) is 112 cm³/mol. The molecule has 158 valence electrons. The van der Waals surface area contributed by atoms with Crippen LogP contribution in [0, 0.1) is 11.6 Å². The van der Waals surface area contributed by atoms with E-state index in [1.54, 1.807) is 19.6 Å². The molecule has 1 amide bonds. The largest absolute Gasteiger partial charge is 0.493 e. The third-order valence-corrected chi connectivity index (χ3v) is 5.06. The first-order chi connectivity index (χ1) is 14.4.